The molecule has 1 amide bonds. The minimum Gasteiger partial charge on any atom is -0.450 e. The van der Waals surface area contributed by atoms with Crippen molar-refractivity contribution in [3.05, 3.63) is 11.8 Å². The molecule has 0 spiro atoms. The third-order valence-electron chi connectivity index (χ3n) is 4.07. The zero-order valence-corrected chi connectivity index (χ0v) is 15.7. The number of anilines is 2. The fourth-order valence-electron chi connectivity index (χ4n) is 2.73. The number of carbonyl (C=O) groups excluding carboxylic acids is 1. The van der Waals surface area contributed by atoms with Crippen molar-refractivity contribution in [2.24, 2.45) is 0 Å². The molecule has 0 unspecified atom stereocenters. The van der Waals surface area contributed by atoms with Gasteiger partial charge in [0.1, 0.15) is 5.82 Å². The quantitative estimate of drug-likeness (QED) is 0.776. The Morgan fingerprint density at radius 3 is 2.72 bits per heavy atom. The van der Waals surface area contributed by atoms with Crippen LogP contribution in [0.2, 0.25) is 0 Å². The van der Waals surface area contributed by atoms with Crippen molar-refractivity contribution in [1.82, 2.24) is 19.8 Å². The SMILES string of the molecule is CCOC(=O)N1CCC(Nc2nc(C)cc(NCCN(C)C)n2)CC1. The number of aryl methyl sites for hydroxylation is 1. The van der Waals surface area contributed by atoms with Crippen LogP contribution < -0.4 is 10.6 Å². The first-order valence-electron chi connectivity index (χ1n) is 8.90. The number of hydrogen-bond acceptors (Lipinski definition) is 7. The molecule has 2 rings (SSSR count). The molecular weight excluding hydrogens is 320 g/mol. The van der Waals surface area contributed by atoms with E-state index in [0.29, 0.717) is 25.6 Å². The maximum atomic E-state index is 11.7. The summed E-state index contributed by atoms with van der Waals surface area (Å²) in [6, 6.07) is 2.21. The summed E-state index contributed by atoms with van der Waals surface area (Å²) in [6.45, 7) is 7.36. The first-order valence-corrected chi connectivity index (χ1v) is 8.90. The lowest BCUT2D eigenvalue weighted by atomic mass is 10.1. The van der Waals surface area contributed by atoms with Crippen molar-refractivity contribution >= 4 is 17.9 Å². The van der Waals surface area contributed by atoms with Crippen LogP contribution in [0.3, 0.4) is 0 Å². The van der Waals surface area contributed by atoms with Gasteiger partial charge < -0.3 is 25.2 Å². The minimum absolute atomic E-state index is 0.222. The second-order valence-corrected chi connectivity index (χ2v) is 6.55. The molecule has 1 aromatic rings. The van der Waals surface area contributed by atoms with Gasteiger partial charge in [0.2, 0.25) is 5.95 Å². The number of amides is 1. The van der Waals surface area contributed by atoms with Crippen LogP contribution in [0.25, 0.3) is 0 Å². The van der Waals surface area contributed by atoms with Gasteiger partial charge in [0.05, 0.1) is 6.61 Å². The maximum absolute atomic E-state index is 11.7. The van der Waals surface area contributed by atoms with Gasteiger partial charge in [0.15, 0.2) is 0 Å². The molecule has 1 aliphatic heterocycles. The van der Waals surface area contributed by atoms with Crippen molar-refractivity contribution in [2.45, 2.75) is 32.7 Å². The zero-order valence-electron chi connectivity index (χ0n) is 15.7. The van der Waals surface area contributed by atoms with Crippen molar-refractivity contribution in [3.63, 3.8) is 0 Å². The van der Waals surface area contributed by atoms with E-state index in [2.05, 4.69) is 25.5 Å². The molecule has 2 heterocycles. The van der Waals surface area contributed by atoms with Gasteiger partial charge in [-0.05, 0) is 40.8 Å². The summed E-state index contributed by atoms with van der Waals surface area (Å²) in [4.78, 5) is 24.7. The van der Waals surface area contributed by atoms with Crippen molar-refractivity contribution < 1.29 is 9.53 Å². The van der Waals surface area contributed by atoms with E-state index in [0.717, 1.165) is 37.4 Å². The van der Waals surface area contributed by atoms with Gasteiger partial charge in [-0.3, -0.25) is 0 Å². The monoisotopic (exact) mass is 350 g/mol. The Balaban J connectivity index is 1.86. The normalized spacial score (nSPS) is 15.3. The van der Waals surface area contributed by atoms with E-state index in [1.807, 2.05) is 34.0 Å². The van der Waals surface area contributed by atoms with Crippen molar-refractivity contribution in [1.29, 1.82) is 0 Å². The number of nitrogens with one attached hydrogen (secondary N) is 2. The molecule has 8 nitrogen and oxygen atoms in total. The van der Waals surface area contributed by atoms with E-state index in [-0.39, 0.29) is 12.1 Å². The van der Waals surface area contributed by atoms with Gasteiger partial charge in [-0.1, -0.05) is 0 Å². The van der Waals surface area contributed by atoms with Gasteiger partial charge in [-0.15, -0.1) is 0 Å². The molecule has 2 N–H and O–H groups in total. The van der Waals surface area contributed by atoms with Crippen LogP contribution in [-0.4, -0.2) is 78.8 Å². The summed E-state index contributed by atoms with van der Waals surface area (Å²) in [5.74, 6) is 1.47. The van der Waals surface area contributed by atoms with Crippen LogP contribution in [-0.2, 0) is 4.74 Å². The van der Waals surface area contributed by atoms with Crippen LogP contribution in [0.1, 0.15) is 25.5 Å². The van der Waals surface area contributed by atoms with Crippen LogP contribution in [0.15, 0.2) is 6.07 Å². The first kappa shape index (κ1) is 19.2. The molecular formula is C17H30N6O2. The molecule has 0 saturated carbocycles. The zero-order chi connectivity index (χ0) is 18.2. The predicted octanol–water partition coefficient (Wildman–Crippen LogP) is 1.79. The summed E-state index contributed by atoms with van der Waals surface area (Å²) in [5, 5.41) is 6.73. The molecule has 8 heteroatoms. The molecule has 140 valence electrons. The summed E-state index contributed by atoms with van der Waals surface area (Å²) in [7, 11) is 4.09. The lowest BCUT2D eigenvalue weighted by Gasteiger charge is -2.31. The summed E-state index contributed by atoms with van der Waals surface area (Å²) >= 11 is 0. The highest BCUT2D eigenvalue weighted by Gasteiger charge is 2.24. The number of hydrogen-bond donors (Lipinski definition) is 2. The average molecular weight is 350 g/mol. The Morgan fingerprint density at radius 2 is 2.08 bits per heavy atom. The lowest BCUT2D eigenvalue weighted by molar-refractivity contribution is 0.0983. The Morgan fingerprint density at radius 1 is 1.36 bits per heavy atom. The highest BCUT2D eigenvalue weighted by molar-refractivity contribution is 5.67. The van der Waals surface area contributed by atoms with E-state index in [1.54, 1.807) is 4.90 Å². The molecule has 1 fully saturated rings. The topological polar surface area (TPSA) is 82.6 Å². The summed E-state index contributed by atoms with van der Waals surface area (Å²) < 4.78 is 5.05. The van der Waals surface area contributed by atoms with E-state index in [4.69, 9.17) is 4.74 Å². The Kier molecular flexibility index (Phi) is 7.24. The Hall–Kier alpha value is -2.09. The van der Waals surface area contributed by atoms with Crippen molar-refractivity contribution in [2.75, 3.05) is 57.5 Å². The number of likely N-dealkylation sites (tertiary alicyclic amines) is 1. The van der Waals surface area contributed by atoms with Gasteiger partial charge in [0.25, 0.3) is 0 Å². The van der Waals surface area contributed by atoms with Gasteiger partial charge in [-0.2, -0.15) is 4.98 Å². The number of rotatable bonds is 7. The molecule has 0 aliphatic carbocycles. The average Bonchev–Trinajstić information content (AvgIpc) is 2.55. The number of likely N-dealkylation sites (N-methyl/N-ethyl adjacent to an activating group) is 1. The maximum Gasteiger partial charge on any atom is 0.409 e. The van der Waals surface area contributed by atoms with E-state index < -0.39 is 0 Å². The number of carbonyl (C=O) groups is 1. The van der Waals surface area contributed by atoms with Crippen molar-refractivity contribution in [3.8, 4) is 0 Å². The van der Waals surface area contributed by atoms with Gasteiger partial charge in [0, 0.05) is 44.0 Å². The lowest BCUT2D eigenvalue weighted by Crippen LogP contribution is -2.42. The highest BCUT2D eigenvalue weighted by atomic mass is 16.6. The number of ether oxygens (including phenoxy) is 1. The molecule has 1 saturated heterocycles. The van der Waals surface area contributed by atoms with Crippen LogP contribution >= 0.6 is 0 Å². The fourth-order valence-corrected chi connectivity index (χ4v) is 2.73. The molecule has 1 aliphatic rings. The minimum atomic E-state index is -0.222. The van der Waals surface area contributed by atoms with E-state index >= 15 is 0 Å². The smallest absolute Gasteiger partial charge is 0.409 e. The standard InChI is InChI=1S/C17H30N6O2/c1-5-25-17(24)23-9-6-14(7-10-23)20-16-19-13(2)12-15(21-16)18-8-11-22(3)4/h12,14H,5-11H2,1-4H3,(H2,18,19,20,21). The number of piperidine rings is 1. The Bertz CT molecular complexity index is 558. The van der Waals surface area contributed by atoms with Crippen LogP contribution in [0, 0.1) is 6.92 Å². The summed E-state index contributed by atoms with van der Waals surface area (Å²) in [6.07, 6.45) is 1.50. The predicted molar refractivity (Wildman–Crippen MR) is 99.1 cm³/mol. The Labute approximate surface area is 150 Å². The van der Waals surface area contributed by atoms with Crippen LogP contribution in [0.4, 0.5) is 16.6 Å². The third kappa shape index (κ3) is 6.38. The second-order valence-electron chi connectivity index (χ2n) is 6.55. The number of aromatic nitrogens is 2. The van der Waals surface area contributed by atoms with Gasteiger partial charge in [-0.25, -0.2) is 9.78 Å². The summed E-state index contributed by atoms with van der Waals surface area (Å²) in [5.41, 5.74) is 0.925. The first-order chi connectivity index (χ1) is 12.0. The molecule has 0 aromatic carbocycles. The second kappa shape index (κ2) is 9.41. The van der Waals surface area contributed by atoms with Crippen LogP contribution in [0.5, 0.6) is 0 Å². The largest absolute Gasteiger partial charge is 0.450 e. The van der Waals surface area contributed by atoms with E-state index in [9.17, 15) is 4.79 Å². The fraction of sp³-hybridized carbons (Fsp3) is 0.706. The van der Waals surface area contributed by atoms with Gasteiger partial charge >= 0.3 is 6.09 Å². The van der Waals surface area contributed by atoms with E-state index in [1.165, 1.54) is 0 Å². The number of nitrogens with zero attached hydrogens (tertiary/aromatic N) is 4. The third-order valence-corrected chi connectivity index (χ3v) is 4.07. The molecule has 0 atom stereocenters. The highest BCUT2D eigenvalue weighted by Crippen LogP contribution is 2.17. The molecule has 0 radical (unpaired) electrons. The molecule has 1 aromatic heterocycles. The molecule has 25 heavy (non-hydrogen) atoms. The molecule has 0 bridgehead atoms.